The molecule has 2 aromatic rings. The molecule has 0 aliphatic rings. The Hall–Kier alpha value is -2.04. The van der Waals surface area contributed by atoms with E-state index in [-0.39, 0.29) is 5.95 Å². The van der Waals surface area contributed by atoms with Crippen LogP contribution in [0.15, 0.2) is 30.3 Å². The molecule has 0 aliphatic heterocycles. The Labute approximate surface area is 91.2 Å². The van der Waals surface area contributed by atoms with Crippen LogP contribution in [0.1, 0.15) is 5.56 Å². The molecule has 0 bridgehead atoms. The maximum Gasteiger partial charge on any atom is 0.232 e. The molecule has 0 saturated heterocycles. The maximum atomic E-state index is 12.8. The highest BCUT2D eigenvalue weighted by Gasteiger charge is 2.03. The quantitative estimate of drug-likeness (QED) is 0.792. The van der Waals surface area contributed by atoms with Gasteiger partial charge in [0.25, 0.3) is 0 Å². The third kappa shape index (κ3) is 2.50. The van der Waals surface area contributed by atoms with Crippen LogP contribution in [0.25, 0.3) is 0 Å². The molecule has 0 spiro atoms. The molecule has 1 aromatic carbocycles. The van der Waals surface area contributed by atoms with Crippen molar-refractivity contribution in [3.05, 3.63) is 47.8 Å². The number of rotatable bonds is 2. The minimum Gasteiger partial charge on any atom is -0.324 e. The second-order valence-corrected chi connectivity index (χ2v) is 3.33. The number of halogens is 2. The molecule has 3 nitrogen and oxygen atoms in total. The lowest BCUT2D eigenvalue weighted by atomic mass is 10.2. The summed E-state index contributed by atoms with van der Waals surface area (Å²) in [6.07, 6.45) is 0. The van der Waals surface area contributed by atoms with Crippen LogP contribution in [-0.2, 0) is 0 Å². The van der Waals surface area contributed by atoms with Gasteiger partial charge in [-0.1, -0.05) is 12.1 Å². The standard InChI is InChI=1S/C11H9F2N3/c1-7-3-2-4-8(5-7)14-11-15-9(12)6-10(13)16-11/h2-6H,1H3,(H,14,15,16). The number of aromatic nitrogens is 2. The molecule has 0 fully saturated rings. The Morgan fingerprint density at radius 1 is 1.06 bits per heavy atom. The Morgan fingerprint density at radius 3 is 2.38 bits per heavy atom. The fourth-order valence-corrected chi connectivity index (χ4v) is 1.30. The lowest BCUT2D eigenvalue weighted by molar-refractivity contribution is 0.528. The van der Waals surface area contributed by atoms with Gasteiger partial charge in [0.2, 0.25) is 17.8 Å². The Bertz CT molecular complexity index is 494. The van der Waals surface area contributed by atoms with E-state index >= 15 is 0 Å². The molecule has 1 heterocycles. The highest BCUT2D eigenvalue weighted by Crippen LogP contribution is 2.14. The SMILES string of the molecule is Cc1cccc(Nc2nc(F)cc(F)n2)c1. The average molecular weight is 221 g/mol. The summed E-state index contributed by atoms with van der Waals surface area (Å²) in [7, 11) is 0. The predicted octanol–water partition coefficient (Wildman–Crippen LogP) is 2.81. The summed E-state index contributed by atoms with van der Waals surface area (Å²) >= 11 is 0. The fourth-order valence-electron chi connectivity index (χ4n) is 1.30. The molecule has 82 valence electrons. The third-order valence-corrected chi connectivity index (χ3v) is 1.94. The molecule has 2 rings (SSSR count). The monoisotopic (exact) mass is 221 g/mol. The summed E-state index contributed by atoms with van der Waals surface area (Å²) in [5, 5.41) is 2.72. The zero-order chi connectivity index (χ0) is 11.5. The van der Waals surface area contributed by atoms with E-state index in [4.69, 9.17) is 0 Å². The zero-order valence-corrected chi connectivity index (χ0v) is 8.54. The van der Waals surface area contributed by atoms with E-state index in [9.17, 15) is 8.78 Å². The minimum absolute atomic E-state index is 0.0944. The summed E-state index contributed by atoms with van der Waals surface area (Å²) in [5.74, 6) is -1.89. The van der Waals surface area contributed by atoms with Gasteiger partial charge in [0.1, 0.15) is 0 Å². The van der Waals surface area contributed by atoms with Crippen LogP contribution in [-0.4, -0.2) is 9.97 Å². The topological polar surface area (TPSA) is 37.8 Å². The zero-order valence-electron chi connectivity index (χ0n) is 8.54. The summed E-state index contributed by atoms with van der Waals surface area (Å²) < 4.78 is 25.6. The van der Waals surface area contributed by atoms with E-state index < -0.39 is 11.9 Å². The Balaban J connectivity index is 2.27. The van der Waals surface area contributed by atoms with Crippen molar-refractivity contribution in [2.75, 3.05) is 5.32 Å². The first-order chi connectivity index (χ1) is 7.63. The van der Waals surface area contributed by atoms with Gasteiger partial charge >= 0.3 is 0 Å². The highest BCUT2D eigenvalue weighted by molar-refractivity contribution is 5.53. The van der Waals surface area contributed by atoms with E-state index in [1.165, 1.54) is 0 Å². The van der Waals surface area contributed by atoms with Crippen molar-refractivity contribution in [3.63, 3.8) is 0 Å². The fraction of sp³-hybridized carbons (Fsp3) is 0.0909. The van der Waals surface area contributed by atoms with Gasteiger partial charge in [-0.2, -0.15) is 18.7 Å². The third-order valence-electron chi connectivity index (χ3n) is 1.94. The molecule has 1 N–H and O–H groups in total. The minimum atomic E-state index is -0.900. The van der Waals surface area contributed by atoms with Crippen LogP contribution in [0, 0.1) is 18.8 Å². The van der Waals surface area contributed by atoms with Gasteiger partial charge < -0.3 is 5.32 Å². The van der Waals surface area contributed by atoms with Crippen LogP contribution in [0.3, 0.4) is 0 Å². The predicted molar refractivity (Wildman–Crippen MR) is 56.4 cm³/mol. The van der Waals surface area contributed by atoms with Gasteiger partial charge in [0.15, 0.2) is 0 Å². The summed E-state index contributed by atoms with van der Waals surface area (Å²) in [6, 6.07) is 7.96. The van der Waals surface area contributed by atoms with Crippen molar-refractivity contribution in [1.82, 2.24) is 9.97 Å². The van der Waals surface area contributed by atoms with E-state index in [1.807, 2.05) is 25.1 Å². The van der Waals surface area contributed by atoms with E-state index in [1.54, 1.807) is 6.07 Å². The summed E-state index contributed by atoms with van der Waals surface area (Å²) in [4.78, 5) is 6.86. The average Bonchev–Trinajstić information content (AvgIpc) is 2.15. The summed E-state index contributed by atoms with van der Waals surface area (Å²) in [6.45, 7) is 1.91. The van der Waals surface area contributed by atoms with Gasteiger partial charge in [0.05, 0.1) is 0 Å². The molecule has 0 unspecified atom stereocenters. The van der Waals surface area contributed by atoms with Crippen LogP contribution in [0.4, 0.5) is 20.4 Å². The van der Waals surface area contributed by atoms with E-state index in [0.29, 0.717) is 11.8 Å². The van der Waals surface area contributed by atoms with Crippen LogP contribution in [0.2, 0.25) is 0 Å². The van der Waals surface area contributed by atoms with Gasteiger partial charge in [-0.15, -0.1) is 0 Å². The molecule has 16 heavy (non-hydrogen) atoms. The number of nitrogens with zero attached hydrogens (tertiary/aromatic N) is 2. The molecule has 0 aliphatic carbocycles. The van der Waals surface area contributed by atoms with E-state index in [0.717, 1.165) is 5.56 Å². The molecule has 0 radical (unpaired) electrons. The molecule has 0 saturated carbocycles. The number of nitrogens with one attached hydrogen (secondary N) is 1. The van der Waals surface area contributed by atoms with Crippen LogP contribution in [0.5, 0.6) is 0 Å². The molecule has 5 heteroatoms. The molecule has 0 atom stereocenters. The number of hydrogen-bond acceptors (Lipinski definition) is 3. The van der Waals surface area contributed by atoms with Gasteiger partial charge in [-0.25, -0.2) is 0 Å². The van der Waals surface area contributed by atoms with Crippen molar-refractivity contribution < 1.29 is 8.78 Å². The molecule has 1 aromatic heterocycles. The second kappa shape index (κ2) is 4.22. The van der Waals surface area contributed by atoms with Gasteiger partial charge in [0, 0.05) is 11.8 Å². The lowest BCUT2D eigenvalue weighted by Crippen LogP contribution is -2.00. The van der Waals surface area contributed by atoms with Gasteiger partial charge in [-0.3, -0.25) is 0 Å². The van der Waals surface area contributed by atoms with Crippen LogP contribution >= 0.6 is 0 Å². The first kappa shape index (κ1) is 10.5. The smallest absolute Gasteiger partial charge is 0.232 e. The van der Waals surface area contributed by atoms with Crippen LogP contribution < -0.4 is 5.32 Å². The van der Waals surface area contributed by atoms with Crippen molar-refractivity contribution in [1.29, 1.82) is 0 Å². The van der Waals surface area contributed by atoms with Gasteiger partial charge in [-0.05, 0) is 24.6 Å². The normalized spacial score (nSPS) is 10.2. The van der Waals surface area contributed by atoms with Crippen molar-refractivity contribution in [2.45, 2.75) is 6.92 Å². The molecule has 0 amide bonds. The summed E-state index contributed by atoms with van der Waals surface area (Å²) in [5.41, 5.74) is 1.71. The maximum absolute atomic E-state index is 12.8. The first-order valence-electron chi connectivity index (χ1n) is 4.67. The Morgan fingerprint density at radius 2 is 1.75 bits per heavy atom. The second-order valence-electron chi connectivity index (χ2n) is 3.33. The highest BCUT2D eigenvalue weighted by atomic mass is 19.1. The lowest BCUT2D eigenvalue weighted by Gasteiger charge is -2.05. The number of hydrogen-bond donors (Lipinski definition) is 1. The number of aryl methyl sites for hydroxylation is 1. The molecular weight excluding hydrogens is 212 g/mol. The van der Waals surface area contributed by atoms with Crippen molar-refractivity contribution in [2.24, 2.45) is 0 Å². The van der Waals surface area contributed by atoms with Crippen molar-refractivity contribution >= 4 is 11.6 Å². The molecular formula is C11H9F2N3. The number of anilines is 2. The Kier molecular flexibility index (Phi) is 2.76. The largest absolute Gasteiger partial charge is 0.324 e. The van der Waals surface area contributed by atoms with E-state index in [2.05, 4.69) is 15.3 Å². The number of benzene rings is 1. The first-order valence-corrected chi connectivity index (χ1v) is 4.67. The van der Waals surface area contributed by atoms with Crippen molar-refractivity contribution in [3.8, 4) is 0 Å².